The Kier molecular flexibility index (Phi) is 4.59. The molecule has 1 aromatic carbocycles. The van der Waals surface area contributed by atoms with Gasteiger partial charge in [0.25, 0.3) is 5.91 Å². The van der Waals surface area contributed by atoms with Crippen molar-refractivity contribution in [3.05, 3.63) is 47.7 Å². The maximum atomic E-state index is 12.9. The first-order valence-corrected chi connectivity index (χ1v) is 9.36. The van der Waals surface area contributed by atoms with E-state index in [0.29, 0.717) is 38.1 Å². The summed E-state index contributed by atoms with van der Waals surface area (Å²) in [5.41, 5.74) is 1.11. The molecule has 1 atom stereocenters. The number of piperidine rings is 1. The van der Waals surface area contributed by atoms with Crippen molar-refractivity contribution in [1.29, 1.82) is 0 Å². The quantitative estimate of drug-likeness (QED) is 0.897. The Morgan fingerprint density at radius 3 is 2.73 bits per heavy atom. The van der Waals surface area contributed by atoms with E-state index >= 15 is 0 Å². The van der Waals surface area contributed by atoms with Crippen molar-refractivity contribution in [2.45, 2.75) is 44.3 Å². The second-order valence-electron chi connectivity index (χ2n) is 7.35. The Balaban J connectivity index is 1.47. The summed E-state index contributed by atoms with van der Waals surface area (Å²) in [5.74, 6) is 1.65. The van der Waals surface area contributed by atoms with Gasteiger partial charge >= 0.3 is 0 Å². The molecule has 2 aromatic rings. The van der Waals surface area contributed by atoms with Crippen molar-refractivity contribution in [3.8, 4) is 11.3 Å². The van der Waals surface area contributed by atoms with Crippen LogP contribution in [0.3, 0.4) is 0 Å². The standard InChI is InChI=1S/C21H25NO4/c1-15-7-8-18(26-15)16-4-2-5-17(14-16)20(24)22-11-9-21(10-12-22)19(23)6-3-13-25-21/h2,4-5,7-8,14,19,23H,3,6,9-13H2,1H3. The second-order valence-corrected chi connectivity index (χ2v) is 7.35. The molecular formula is C21H25NO4. The molecule has 1 spiro atoms. The van der Waals surface area contributed by atoms with Gasteiger partial charge in [-0.05, 0) is 56.9 Å². The third kappa shape index (κ3) is 3.17. The van der Waals surface area contributed by atoms with Gasteiger partial charge in [-0.2, -0.15) is 0 Å². The Hall–Kier alpha value is -2.11. The minimum absolute atomic E-state index is 0.0234. The smallest absolute Gasteiger partial charge is 0.253 e. The fourth-order valence-corrected chi connectivity index (χ4v) is 4.05. The molecule has 2 aliphatic rings. The van der Waals surface area contributed by atoms with Crippen molar-refractivity contribution < 1.29 is 19.1 Å². The van der Waals surface area contributed by atoms with Crippen LogP contribution in [0.15, 0.2) is 40.8 Å². The highest BCUT2D eigenvalue weighted by Gasteiger charge is 2.44. The summed E-state index contributed by atoms with van der Waals surface area (Å²) in [5, 5.41) is 10.4. The van der Waals surface area contributed by atoms with Gasteiger partial charge in [-0.3, -0.25) is 4.79 Å². The average molecular weight is 355 g/mol. The van der Waals surface area contributed by atoms with E-state index in [-0.39, 0.29) is 5.91 Å². The zero-order valence-corrected chi connectivity index (χ0v) is 15.1. The lowest BCUT2D eigenvalue weighted by atomic mass is 9.82. The zero-order valence-electron chi connectivity index (χ0n) is 15.1. The fraction of sp³-hybridized carbons (Fsp3) is 0.476. The molecular weight excluding hydrogens is 330 g/mol. The largest absolute Gasteiger partial charge is 0.461 e. The van der Waals surface area contributed by atoms with Crippen LogP contribution in [0.4, 0.5) is 0 Å². The van der Waals surface area contributed by atoms with Crippen LogP contribution in [0, 0.1) is 6.92 Å². The molecule has 0 bridgehead atoms. The zero-order chi connectivity index (χ0) is 18.1. The maximum absolute atomic E-state index is 12.9. The highest BCUT2D eigenvalue weighted by atomic mass is 16.5. The molecule has 4 rings (SSSR count). The lowest BCUT2D eigenvalue weighted by molar-refractivity contribution is -0.174. The van der Waals surface area contributed by atoms with E-state index in [1.165, 1.54) is 0 Å². The van der Waals surface area contributed by atoms with Gasteiger partial charge < -0.3 is 19.2 Å². The minimum atomic E-state index is -0.456. The summed E-state index contributed by atoms with van der Waals surface area (Å²) >= 11 is 0. The molecule has 1 N–H and O–H groups in total. The molecule has 0 saturated carbocycles. The number of nitrogens with zero attached hydrogens (tertiary/aromatic N) is 1. The number of hydrogen-bond acceptors (Lipinski definition) is 4. The van der Waals surface area contributed by atoms with Gasteiger partial charge in [-0.1, -0.05) is 12.1 Å². The highest BCUT2D eigenvalue weighted by Crippen LogP contribution is 2.35. The summed E-state index contributed by atoms with van der Waals surface area (Å²) in [6.07, 6.45) is 2.66. The Bertz CT molecular complexity index is 789. The van der Waals surface area contributed by atoms with Crippen LogP contribution in [0.5, 0.6) is 0 Å². The SMILES string of the molecule is Cc1ccc(-c2cccc(C(=O)N3CCC4(CC3)OCCCC4O)c2)o1. The molecule has 138 valence electrons. The van der Waals surface area contributed by atoms with Crippen molar-refractivity contribution in [3.63, 3.8) is 0 Å². The number of aryl methyl sites for hydroxylation is 1. The van der Waals surface area contributed by atoms with Crippen molar-refractivity contribution in [2.24, 2.45) is 0 Å². The van der Waals surface area contributed by atoms with Crippen LogP contribution in [0.1, 0.15) is 41.8 Å². The first kappa shape index (κ1) is 17.3. The molecule has 0 aliphatic carbocycles. The van der Waals surface area contributed by atoms with Crippen LogP contribution in [0.25, 0.3) is 11.3 Å². The van der Waals surface area contributed by atoms with E-state index in [1.54, 1.807) is 0 Å². The Morgan fingerprint density at radius 1 is 1.23 bits per heavy atom. The van der Waals surface area contributed by atoms with Crippen LogP contribution >= 0.6 is 0 Å². The van der Waals surface area contributed by atoms with Crippen molar-refractivity contribution in [1.82, 2.24) is 4.90 Å². The molecule has 1 unspecified atom stereocenters. The Morgan fingerprint density at radius 2 is 2.04 bits per heavy atom. The van der Waals surface area contributed by atoms with Gasteiger partial charge in [0.2, 0.25) is 0 Å². The van der Waals surface area contributed by atoms with Crippen molar-refractivity contribution in [2.75, 3.05) is 19.7 Å². The molecule has 1 amide bonds. The topological polar surface area (TPSA) is 62.9 Å². The van der Waals surface area contributed by atoms with Gasteiger partial charge in [-0.15, -0.1) is 0 Å². The number of hydrogen-bond donors (Lipinski definition) is 1. The third-order valence-electron chi connectivity index (χ3n) is 5.65. The number of rotatable bonds is 2. The predicted octanol–water partition coefficient (Wildman–Crippen LogP) is 3.40. The lowest BCUT2D eigenvalue weighted by Gasteiger charge is -2.46. The summed E-state index contributed by atoms with van der Waals surface area (Å²) in [7, 11) is 0. The number of likely N-dealkylation sites (tertiary alicyclic amines) is 1. The summed E-state index contributed by atoms with van der Waals surface area (Å²) in [4.78, 5) is 14.8. The Labute approximate surface area is 153 Å². The molecule has 2 fully saturated rings. The first-order chi connectivity index (χ1) is 12.6. The number of benzene rings is 1. The number of carbonyl (C=O) groups excluding carboxylic acids is 1. The summed E-state index contributed by atoms with van der Waals surface area (Å²) in [6.45, 7) is 3.83. The molecule has 2 aliphatic heterocycles. The second kappa shape index (κ2) is 6.89. The van der Waals surface area contributed by atoms with Crippen LogP contribution in [-0.4, -0.2) is 47.3 Å². The number of amides is 1. The molecule has 26 heavy (non-hydrogen) atoms. The molecule has 0 radical (unpaired) electrons. The van der Waals surface area contributed by atoms with E-state index in [4.69, 9.17) is 9.15 Å². The number of aliphatic hydroxyl groups is 1. The summed E-state index contributed by atoms with van der Waals surface area (Å²) in [6, 6.07) is 11.4. The predicted molar refractivity (Wildman–Crippen MR) is 97.9 cm³/mol. The van der Waals surface area contributed by atoms with E-state index in [0.717, 1.165) is 29.9 Å². The minimum Gasteiger partial charge on any atom is -0.461 e. The lowest BCUT2D eigenvalue weighted by Crippen LogP contribution is -2.56. The van der Waals surface area contributed by atoms with Gasteiger partial charge in [0.05, 0.1) is 11.7 Å². The normalized spacial score (nSPS) is 22.5. The van der Waals surface area contributed by atoms with Crippen LogP contribution < -0.4 is 0 Å². The molecule has 2 saturated heterocycles. The molecule has 3 heterocycles. The third-order valence-corrected chi connectivity index (χ3v) is 5.65. The van der Waals surface area contributed by atoms with Gasteiger partial charge in [0.1, 0.15) is 11.5 Å². The van der Waals surface area contributed by atoms with Crippen molar-refractivity contribution >= 4 is 5.91 Å². The monoisotopic (exact) mass is 355 g/mol. The molecule has 5 heteroatoms. The van der Waals surface area contributed by atoms with E-state index in [9.17, 15) is 9.90 Å². The number of carbonyl (C=O) groups is 1. The van der Waals surface area contributed by atoms with Gasteiger partial charge in [0.15, 0.2) is 0 Å². The van der Waals surface area contributed by atoms with E-state index < -0.39 is 11.7 Å². The van der Waals surface area contributed by atoms with E-state index in [1.807, 2.05) is 48.2 Å². The highest BCUT2D eigenvalue weighted by molar-refractivity contribution is 5.95. The fourth-order valence-electron chi connectivity index (χ4n) is 4.05. The average Bonchev–Trinajstić information content (AvgIpc) is 3.11. The number of furan rings is 1. The van der Waals surface area contributed by atoms with Gasteiger partial charge in [-0.25, -0.2) is 0 Å². The maximum Gasteiger partial charge on any atom is 0.253 e. The van der Waals surface area contributed by atoms with Crippen LogP contribution in [-0.2, 0) is 4.74 Å². The van der Waals surface area contributed by atoms with Crippen LogP contribution in [0.2, 0.25) is 0 Å². The van der Waals surface area contributed by atoms with Gasteiger partial charge in [0, 0.05) is 30.8 Å². The number of ether oxygens (including phenoxy) is 1. The summed E-state index contributed by atoms with van der Waals surface area (Å²) < 4.78 is 11.6. The first-order valence-electron chi connectivity index (χ1n) is 9.36. The number of aliphatic hydroxyl groups excluding tert-OH is 1. The van der Waals surface area contributed by atoms with E-state index in [2.05, 4.69) is 0 Å². The molecule has 5 nitrogen and oxygen atoms in total. The molecule has 1 aromatic heterocycles.